The Morgan fingerprint density at radius 1 is 0.852 bits per heavy atom. The molecule has 4 nitrogen and oxygen atoms in total. The van der Waals surface area contributed by atoms with Gasteiger partial charge in [0.05, 0.1) is 6.61 Å². The average Bonchev–Trinajstić information content (AvgIpc) is 2.68. The van der Waals surface area contributed by atoms with Crippen LogP contribution in [-0.4, -0.2) is 35.5 Å². The van der Waals surface area contributed by atoms with Gasteiger partial charge in [0.1, 0.15) is 12.7 Å². The van der Waals surface area contributed by atoms with Crippen LogP contribution in [0.3, 0.4) is 0 Å². The van der Waals surface area contributed by atoms with E-state index in [0.717, 1.165) is 32.1 Å². The average molecular weight is 379 g/mol. The number of rotatable bonds is 17. The van der Waals surface area contributed by atoms with E-state index in [2.05, 4.69) is 55.5 Å². The fourth-order valence-corrected chi connectivity index (χ4v) is 2.24. The van der Waals surface area contributed by atoms with Crippen molar-refractivity contribution in [1.29, 1.82) is 0 Å². The molecule has 0 aromatic heterocycles. The molecule has 1 atom stereocenters. The number of hydrogen-bond acceptors (Lipinski definition) is 4. The third-order valence-electron chi connectivity index (χ3n) is 3.86. The van der Waals surface area contributed by atoms with Gasteiger partial charge in [-0.05, 0) is 44.9 Å². The molecule has 0 heterocycles. The Balaban J connectivity index is 3.49. The normalized spacial score (nSPS) is 13.4. The van der Waals surface area contributed by atoms with Crippen LogP contribution in [0.15, 0.2) is 48.6 Å². The highest BCUT2D eigenvalue weighted by Gasteiger charge is 2.06. The highest BCUT2D eigenvalue weighted by atomic mass is 16.5. The molecule has 0 aromatic rings. The summed E-state index contributed by atoms with van der Waals surface area (Å²) in [4.78, 5) is 11.4. The zero-order valence-electron chi connectivity index (χ0n) is 16.9. The minimum Gasteiger partial charge on any atom is -0.463 e. The van der Waals surface area contributed by atoms with Crippen LogP contribution < -0.4 is 0 Å². The zero-order valence-corrected chi connectivity index (χ0v) is 16.9. The van der Waals surface area contributed by atoms with Gasteiger partial charge in [0, 0.05) is 6.42 Å². The van der Waals surface area contributed by atoms with Crippen molar-refractivity contribution in [2.45, 2.75) is 77.2 Å². The first kappa shape index (κ1) is 25.4. The van der Waals surface area contributed by atoms with Gasteiger partial charge in [0.15, 0.2) is 0 Å². The maximum absolute atomic E-state index is 11.4. The van der Waals surface area contributed by atoms with Crippen molar-refractivity contribution in [2.24, 2.45) is 0 Å². The van der Waals surface area contributed by atoms with Gasteiger partial charge in [-0.15, -0.1) is 0 Å². The van der Waals surface area contributed by atoms with Crippen molar-refractivity contribution in [3.63, 3.8) is 0 Å². The number of hydrogen-bond donors (Lipinski definition) is 2. The molecule has 0 aromatic carbocycles. The van der Waals surface area contributed by atoms with Crippen LogP contribution in [0, 0.1) is 0 Å². The van der Waals surface area contributed by atoms with Crippen molar-refractivity contribution < 1.29 is 19.7 Å². The maximum atomic E-state index is 11.4. The lowest BCUT2D eigenvalue weighted by Crippen LogP contribution is -2.21. The lowest BCUT2D eigenvalue weighted by atomic mass is 10.2. The number of aliphatic hydroxyl groups excluding tert-OH is 2. The maximum Gasteiger partial charge on any atom is 0.305 e. The van der Waals surface area contributed by atoms with Gasteiger partial charge in [-0.3, -0.25) is 4.79 Å². The molecule has 0 amide bonds. The molecule has 0 fully saturated rings. The molecule has 0 radical (unpaired) electrons. The highest BCUT2D eigenvalue weighted by molar-refractivity contribution is 5.69. The van der Waals surface area contributed by atoms with Crippen molar-refractivity contribution in [1.82, 2.24) is 0 Å². The Bertz CT molecular complexity index is 449. The second-order valence-electron chi connectivity index (χ2n) is 6.50. The van der Waals surface area contributed by atoms with Crippen molar-refractivity contribution in [2.75, 3.05) is 13.2 Å². The second kappa shape index (κ2) is 20.7. The Morgan fingerprint density at radius 3 is 1.89 bits per heavy atom. The molecule has 0 saturated carbocycles. The smallest absolute Gasteiger partial charge is 0.305 e. The van der Waals surface area contributed by atoms with E-state index in [0.29, 0.717) is 6.42 Å². The van der Waals surface area contributed by atoms with Gasteiger partial charge < -0.3 is 14.9 Å². The predicted molar refractivity (Wildman–Crippen MR) is 112 cm³/mol. The molecule has 154 valence electrons. The van der Waals surface area contributed by atoms with E-state index in [-0.39, 0.29) is 12.6 Å². The van der Waals surface area contributed by atoms with Crippen molar-refractivity contribution in [3.05, 3.63) is 48.6 Å². The largest absolute Gasteiger partial charge is 0.463 e. The Kier molecular flexibility index (Phi) is 19.4. The predicted octanol–water partition coefficient (Wildman–Crippen LogP) is 5.03. The lowest BCUT2D eigenvalue weighted by Gasteiger charge is -2.07. The Labute approximate surface area is 165 Å². The molecule has 0 aliphatic rings. The fraction of sp³-hybridized carbons (Fsp3) is 0.609. The topological polar surface area (TPSA) is 66.8 Å². The summed E-state index contributed by atoms with van der Waals surface area (Å²) in [6, 6.07) is 0. The molecule has 0 aliphatic carbocycles. The summed E-state index contributed by atoms with van der Waals surface area (Å²) < 4.78 is 4.83. The third-order valence-corrected chi connectivity index (χ3v) is 3.86. The van der Waals surface area contributed by atoms with E-state index in [1.54, 1.807) is 0 Å². The molecule has 0 rings (SSSR count). The van der Waals surface area contributed by atoms with Crippen LogP contribution in [0.25, 0.3) is 0 Å². The van der Waals surface area contributed by atoms with Crippen LogP contribution in [0.1, 0.15) is 71.1 Å². The van der Waals surface area contributed by atoms with Gasteiger partial charge in [-0.25, -0.2) is 0 Å². The number of aliphatic hydroxyl groups is 2. The molecule has 2 N–H and O–H groups in total. The number of carbonyl (C=O) groups is 1. The van der Waals surface area contributed by atoms with Crippen LogP contribution in [0.5, 0.6) is 0 Å². The summed E-state index contributed by atoms with van der Waals surface area (Å²) in [7, 11) is 0. The molecular weight excluding hydrogens is 340 g/mol. The van der Waals surface area contributed by atoms with E-state index >= 15 is 0 Å². The third kappa shape index (κ3) is 20.5. The SMILES string of the molecule is CCCCC/C=C\C/C=C/C/C=C\C/C=C\CCCC(=O)OCC(O)CO. The summed E-state index contributed by atoms with van der Waals surface area (Å²) in [5.74, 6) is -0.335. The monoisotopic (exact) mass is 378 g/mol. The molecule has 1 unspecified atom stereocenters. The summed E-state index contributed by atoms with van der Waals surface area (Å²) in [5.41, 5.74) is 0. The van der Waals surface area contributed by atoms with Gasteiger partial charge in [0.25, 0.3) is 0 Å². The minimum absolute atomic E-state index is 0.139. The van der Waals surface area contributed by atoms with Gasteiger partial charge in [0.2, 0.25) is 0 Å². The van der Waals surface area contributed by atoms with Crippen LogP contribution in [0.2, 0.25) is 0 Å². The number of ether oxygens (including phenoxy) is 1. The molecule has 4 heteroatoms. The van der Waals surface area contributed by atoms with Crippen LogP contribution >= 0.6 is 0 Å². The highest BCUT2D eigenvalue weighted by Crippen LogP contribution is 2.02. The van der Waals surface area contributed by atoms with E-state index in [4.69, 9.17) is 14.9 Å². The number of esters is 1. The number of carbonyl (C=O) groups excluding carboxylic acids is 1. The molecule has 0 bridgehead atoms. The Hall–Kier alpha value is -1.65. The van der Waals surface area contributed by atoms with Crippen LogP contribution in [0.4, 0.5) is 0 Å². The lowest BCUT2D eigenvalue weighted by molar-refractivity contribution is -0.147. The van der Waals surface area contributed by atoms with Gasteiger partial charge >= 0.3 is 5.97 Å². The minimum atomic E-state index is -0.984. The summed E-state index contributed by atoms with van der Waals surface area (Å²) in [5, 5.41) is 17.7. The summed E-state index contributed by atoms with van der Waals surface area (Å²) in [6.07, 6.45) is 26.3. The quantitative estimate of drug-likeness (QED) is 0.212. The molecule has 0 saturated heterocycles. The van der Waals surface area contributed by atoms with E-state index in [1.165, 1.54) is 25.7 Å². The molecule has 27 heavy (non-hydrogen) atoms. The zero-order chi connectivity index (χ0) is 20.0. The molecule has 0 aliphatic heterocycles. The van der Waals surface area contributed by atoms with E-state index in [9.17, 15) is 4.79 Å². The summed E-state index contributed by atoms with van der Waals surface area (Å²) in [6.45, 7) is 1.69. The van der Waals surface area contributed by atoms with Gasteiger partial charge in [-0.2, -0.15) is 0 Å². The van der Waals surface area contributed by atoms with Crippen molar-refractivity contribution >= 4 is 5.97 Å². The first-order valence-electron chi connectivity index (χ1n) is 10.2. The number of allylic oxidation sites excluding steroid dienone is 8. The van der Waals surface area contributed by atoms with Crippen molar-refractivity contribution in [3.8, 4) is 0 Å². The van der Waals surface area contributed by atoms with Gasteiger partial charge in [-0.1, -0.05) is 68.4 Å². The Morgan fingerprint density at radius 2 is 1.37 bits per heavy atom. The first-order valence-corrected chi connectivity index (χ1v) is 10.2. The standard InChI is InChI=1S/C23H38O4/c1-2-3-4-5-6-7-8-9-10-11-12-13-14-15-16-17-18-19-23(26)27-21-22(25)20-24/h6-7,9-10,12-13,15-16,22,24-25H,2-5,8,11,14,17-21H2,1H3/b7-6-,10-9+,13-12-,16-15-. The molecule has 0 spiro atoms. The van der Waals surface area contributed by atoms with Crippen LogP contribution in [-0.2, 0) is 9.53 Å². The second-order valence-corrected chi connectivity index (χ2v) is 6.50. The van der Waals surface area contributed by atoms with E-state index in [1.807, 2.05) is 0 Å². The number of unbranched alkanes of at least 4 members (excludes halogenated alkanes) is 4. The van der Waals surface area contributed by atoms with E-state index < -0.39 is 12.7 Å². The molecular formula is C23H38O4. The summed E-state index contributed by atoms with van der Waals surface area (Å²) >= 11 is 0. The fourth-order valence-electron chi connectivity index (χ4n) is 2.24. The first-order chi connectivity index (χ1) is 13.2.